The number of rotatable bonds is 6. The Morgan fingerprint density at radius 2 is 1.82 bits per heavy atom. The molecule has 0 aliphatic carbocycles. The Morgan fingerprint density at radius 3 is 2.57 bits per heavy atom. The van der Waals surface area contributed by atoms with Crippen molar-refractivity contribution in [3.05, 3.63) is 66.2 Å². The lowest BCUT2D eigenvalue weighted by Gasteiger charge is -2.14. The molecule has 3 N–H and O–H groups in total. The Bertz CT molecular complexity index is 1130. The average molecular weight is 400 g/mol. The van der Waals surface area contributed by atoms with Crippen molar-refractivity contribution in [2.24, 2.45) is 0 Å². The Kier molecular flexibility index (Phi) is 5.67. The number of ether oxygens (including phenoxy) is 1. The molecular weight excluding hydrogens is 374 g/mol. The smallest absolute Gasteiger partial charge is 0.224 e. The van der Waals surface area contributed by atoms with Gasteiger partial charge in [0.25, 0.3) is 0 Å². The van der Waals surface area contributed by atoms with Crippen LogP contribution in [0, 0.1) is 5.41 Å². The second kappa shape index (κ2) is 8.00. The van der Waals surface area contributed by atoms with Gasteiger partial charge in [0.2, 0.25) is 9.84 Å². The predicted octanol–water partition coefficient (Wildman–Crippen LogP) is 3.41. The van der Waals surface area contributed by atoms with E-state index in [1.807, 2.05) is 37.2 Å². The number of nitrogens with one attached hydrogen (secondary N) is 1. The molecule has 0 saturated carbocycles. The molecule has 3 rings (SSSR count). The Hall–Kier alpha value is -2.90. The third-order valence-electron chi connectivity index (χ3n) is 4.38. The van der Waals surface area contributed by atoms with E-state index in [1.165, 1.54) is 12.1 Å². The van der Waals surface area contributed by atoms with Crippen molar-refractivity contribution >= 4 is 31.3 Å². The molecule has 0 bridgehead atoms. The number of sulfone groups is 1. The van der Waals surface area contributed by atoms with Gasteiger partial charge in [0.1, 0.15) is 12.4 Å². The van der Waals surface area contributed by atoms with Gasteiger partial charge in [-0.05, 0) is 43.7 Å². The Balaban J connectivity index is 0.00000300. The Labute approximate surface area is 166 Å². The number of fused-ring (bicyclic) bond motifs is 1. The van der Waals surface area contributed by atoms with Crippen LogP contribution >= 0.6 is 0 Å². The van der Waals surface area contributed by atoms with Gasteiger partial charge in [0, 0.05) is 24.6 Å². The zero-order valence-electron chi connectivity index (χ0n) is 15.8. The molecule has 0 spiro atoms. The monoisotopic (exact) mass is 399 g/mol. The van der Waals surface area contributed by atoms with E-state index in [0.29, 0.717) is 24.3 Å². The highest BCUT2D eigenvalue weighted by Crippen LogP contribution is 2.28. The van der Waals surface area contributed by atoms with Crippen LogP contribution in [0.4, 0.5) is 5.69 Å². The molecule has 0 aromatic heterocycles. The van der Waals surface area contributed by atoms with Crippen molar-refractivity contribution in [3.8, 4) is 5.75 Å². The molecular formula is C21H25N3O3S. The maximum absolute atomic E-state index is 13.2. The lowest BCUT2D eigenvalue weighted by Crippen LogP contribution is -2.20. The number of likely N-dealkylation sites (N-methyl/N-ethyl adjacent to an activating group) is 1. The lowest BCUT2D eigenvalue weighted by molar-refractivity contribution is 0.261. The van der Waals surface area contributed by atoms with Gasteiger partial charge in [-0.25, -0.2) is 8.42 Å². The van der Waals surface area contributed by atoms with Crippen LogP contribution in [0.25, 0.3) is 10.8 Å². The zero-order chi connectivity index (χ0) is 20.3. The zero-order valence-corrected chi connectivity index (χ0v) is 16.7. The number of nitrogens with zero attached hydrogens (tertiary/aromatic N) is 1. The molecule has 0 unspecified atom stereocenters. The molecule has 28 heavy (non-hydrogen) atoms. The Morgan fingerprint density at radius 1 is 1.11 bits per heavy atom. The van der Waals surface area contributed by atoms with Crippen LogP contribution < -0.4 is 10.5 Å². The molecule has 0 heterocycles. The average Bonchev–Trinajstić information content (AvgIpc) is 2.68. The van der Waals surface area contributed by atoms with Crippen molar-refractivity contribution in [3.63, 3.8) is 0 Å². The summed E-state index contributed by atoms with van der Waals surface area (Å²) in [7, 11) is -0.183. The van der Waals surface area contributed by atoms with E-state index in [2.05, 4.69) is 0 Å². The summed E-state index contributed by atoms with van der Waals surface area (Å²) in [6.07, 6.45) is 0. The SMILES string of the molecule is CN(C)CCOc1ccc(N)c(C(=N)S(=O)(=O)c2cccc3ccccc23)c1.[HH]. The second-order valence-corrected chi connectivity index (χ2v) is 8.57. The molecule has 6 nitrogen and oxygen atoms in total. The van der Waals surface area contributed by atoms with Gasteiger partial charge in [-0.3, -0.25) is 5.41 Å². The van der Waals surface area contributed by atoms with E-state index in [0.717, 1.165) is 5.39 Å². The van der Waals surface area contributed by atoms with Gasteiger partial charge in [0.15, 0.2) is 5.04 Å². The number of benzene rings is 3. The molecule has 0 atom stereocenters. The molecule has 0 amide bonds. The number of nitrogens with two attached hydrogens (primary N) is 1. The van der Waals surface area contributed by atoms with Crippen LogP contribution in [0.2, 0.25) is 0 Å². The number of hydrogen-bond acceptors (Lipinski definition) is 6. The number of hydrogen-bond donors (Lipinski definition) is 2. The summed E-state index contributed by atoms with van der Waals surface area (Å²) in [5.74, 6) is 0.476. The summed E-state index contributed by atoms with van der Waals surface area (Å²) in [6.45, 7) is 1.16. The maximum Gasteiger partial charge on any atom is 0.224 e. The quantitative estimate of drug-likeness (QED) is 0.376. The van der Waals surface area contributed by atoms with Crippen LogP contribution in [-0.2, 0) is 9.84 Å². The molecule has 3 aromatic rings. The van der Waals surface area contributed by atoms with Crippen molar-refractivity contribution < 1.29 is 14.6 Å². The second-order valence-electron chi connectivity index (χ2n) is 6.71. The largest absolute Gasteiger partial charge is 0.492 e. The third-order valence-corrected chi connectivity index (χ3v) is 6.08. The highest BCUT2D eigenvalue weighted by atomic mass is 32.2. The predicted molar refractivity (Wildman–Crippen MR) is 115 cm³/mol. The van der Waals surface area contributed by atoms with Gasteiger partial charge in [-0.2, -0.15) is 0 Å². The van der Waals surface area contributed by atoms with Crippen LogP contribution in [0.5, 0.6) is 5.75 Å². The fourth-order valence-electron chi connectivity index (χ4n) is 2.85. The fourth-order valence-corrected chi connectivity index (χ4v) is 4.27. The normalized spacial score (nSPS) is 11.7. The van der Waals surface area contributed by atoms with Gasteiger partial charge >= 0.3 is 0 Å². The third kappa shape index (κ3) is 4.00. The van der Waals surface area contributed by atoms with E-state index >= 15 is 0 Å². The summed E-state index contributed by atoms with van der Waals surface area (Å²) < 4.78 is 32.0. The molecule has 148 valence electrons. The van der Waals surface area contributed by atoms with Crippen LogP contribution in [-0.4, -0.2) is 45.6 Å². The molecule has 3 aromatic carbocycles. The number of anilines is 1. The summed E-state index contributed by atoms with van der Waals surface area (Å²) in [5.41, 5.74) is 6.34. The first-order valence-electron chi connectivity index (χ1n) is 8.79. The summed E-state index contributed by atoms with van der Waals surface area (Å²) in [4.78, 5) is 2.07. The number of nitrogen functional groups attached to an aromatic ring is 1. The molecule has 0 aliphatic rings. The molecule has 7 heteroatoms. The topological polar surface area (TPSA) is 96.5 Å². The maximum atomic E-state index is 13.2. The van der Waals surface area contributed by atoms with Crippen molar-refractivity contribution in [2.75, 3.05) is 33.0 Å². The molecule has 0 saturated heterocycles. The first-order valence-corrected chi connectivity index (χ1v) is 10.3. The summed E-state index contributed by atoms with van der Waals surface area (Å²) in [6, 6.07) is 17.0. The summed E-state index contributed by atoms with van der Waals surface area (Å²) >= 11 is 0. The van der Waals surface area contributed by atoms with Crippen molar-refractivity contribution in [1.82, 2.24) is 4.90 Å². The van der Waals surface area contributed by atoms with Crippen LogP contribution in [0.1, 0.15) is 6.99 Å². The standard InChI is InChI=1S/C21H23N3O3S.H2/c1-24(2)12-13-27-16-10-11-19(22)18(14-16)21(23)28(25,26)20-9-5-7-15-6-3-4-8-17(15)20;/h3-11,14,23H,12-13,22H2,1-2H3;1H. The lowest BCUT2D eigenvalue weighted by atomic mass is 10.1. The van der Waals surface area contributed by atoms with Crippen LogP contribution in [0.15, 0.2) is 65.6 Å². The highest BCUT2D eigenvalue weighted by molar-refractivity contribution is 8.07. The van der Waals surface area contributed by atoms with E-state index in [1.54, 1.807) is 30.3 Å². The van der Waals surface area contributed by atoms with E-state index < -0.39 is 14.9 Å². The minimum absolute atomic E-state index is 0. The van der Waals surface area contributed by atoms with E-state index in [4.69, 9.17) is 15.9 Å². The molecule has 0 aliphatic heterocycles. The first kappa shape index (κ1) is 19.9. The first-order chi connectivity index (χ1) is 13.3. The van der Waals surface area contributed by atoms with Crippen molar-refractivity contribution in [1.29, 1.82) is 5.41 Å². The van der Waals surface area contributed by atoms with Crippen LogP contribution in [0.3, 0.4) is 0 Å². The van der Waals surface area contributed by atoms with Gasteiger partial charge < -0.3 is 15.4 Å². The minimum atomic E-state index is -4.05. The van der Waals surface area contributed by atoms with E-state index in [-0.39, 0.29) is 17.6 Å². The molecule has 0 fully saturated rings. The van der Waals surface area contributed by atoms with Crippen molar-refractivity contribution in [2.45, 2.75) is 4.90 Å². The van der Waals surface area contributed by atoms with Gasteiger partial charge in [0.05, 0.1) is 4.90 Å². The summed E-state index contributed by atoms with van der Waals surface area (Å²) in [5, 5.41) is 9.23. The fraction of sp³-hybridized carbons (Fsp3) is 0.190. The molecule has 0 radical (unpaired) electrons. The van der Waals surface area contributed by atoms with Gasteiger partial charge in [-0.15, -0.1) is 0 Å². The van der Waals surface area contributed by atoms with Gasteiger partial charge in [-0.1, -0.05) is 36.4 Å². The van der Waals surface area contributed by atoms with E-state index in [9.17, 15) is 8.42 Å². The minimum Gasteiger partial charge on any atom is -0.492 e. The highest BCUT2D eigenvalue weighted by Gasteiger charge is 2.26.